The topological polar surface area (TPSA) is 87.7 Å². The van der Waals surface area contributed by atoms with Gasteiger partial charge in [0.15, 0.2) is 0 Å². The Bertz CT molecular complexity index is 234. The van der Waals surface area contributed by atoms with E-state index in [0.29, 0.717) is 13.2 Å². The minimum absolute atomic E-state index is 0.200. The van der Waals surface area contributed by atoms with E-state index < -0.39 is 12.0 Å². The molecule has 0 fully saturated rings. The van der Waals surface area contributed by atoms with Gasteiger partial charge in [0.1, 0.15) is 6.04 Å². The van der Waals surface area contributed by atoms with E-state index in [9.17, 15) is 9.59 Å². The summed E-state index contributed by atoms with van der Waals surface area (Å²) in [4.78, 5) is 21.5. The number of aliphatic carboxylic acids is 1. The number of carbonyl (C=O) groups excluding carboxylic acids is 1. The summed E-state index contributed by atoms with van der Waals surface area (Å²) in [5.41, 5.74) is 0. The molecular formula is C11H22N2O4. The van der Waals surface area contributed by atoms with Crippen LogP contribution in [0.4, 0.5) is 0 Å². The maximum atomic E-state index is 10.8. The van der Waals surface area contributed by atoms with Crippen LogP contribution in [0.3, 0.4) is 0 Å². The van der Waals surface area contributed by atoms with Crippen LogP contribution in [0.2, 0.25) is 0 Å². The number of carboxylic acids is 1. The van der Waals surface area contributed by atoms with Crippen LogP contribution in [0.1, 0.15) is 26.7 Å². The molecule has 1 amide bonds. The summed E-state index contributed by atoms with van der Waals surface area (Å²) in [7, 11) is 0. The summed E-state index contributed by atoms with van der Waals surface area (Å²) < 4.78 is 5.30. The molecule has 0 radical (unpaired) electrons. The lowest BCUT2D eigenvalue weighted by atomic mass is 10.3. The zero-order chi connectivity index (χ0) is 13.1. The van der Waals surface area contributed by atoms with E-state index >= 15 is 0 Å². The molecule has 0 saturated heterocycles. The zero-order valence-electron chi connectivity index (χ0n) is 10.5. The van der Waals surface area contributed by atoms with Gasteiger partial charge in [0.05, 0.1) is 6.61 Å². The molecule has 0 aromatic heterocycles. The second kappa shape index (κ2) is 10.0. The largest absolute Gasteiger partial charge is 0.480 e. The Balaban J connectivity index is 3.55. The van der Waals surface area contributed by atoms with Gasteiger partial charge in [-0.1, -0.05) is 13.3 Å². The second-order valence-electron chi connectivity index (χ2n) is 3.76. The maximum absolute atomic E-state index is 10.8. The summed E-state index contributed by atoms with van der Waals surface area (Å²) in [6, 6.07) is -0.886. The SMILES string of the molecule is CCCCOCCNCC(NC(C)=O)C(=O)O. The van der Waals surface area contributed by atoms with Crippen molar-refractivity contribution in [2.45, 2.75) is 32.7 Å². The third-order valence-corrected chi connectivity index (χ3v) is 2.09. The van der Waals surface area contributed by atoms with Crippen molar-refractivity contribution in [2.24, 2.45) is 0 Å². The van der Waals surface area contributed by atoms with E-state index in [-0.39, 0.29) is 12.5 Å². The molecule has 0 bridgehead atoms. The summed E-state index contributed by atoms with van der Waals surface area (Å²) in [6.07, 6.45) is 2.13. The molecule has 6 nitrogen and oxygen atoms in total. The second-order valence-corrected chi connectivity index (χ2v) is 3.76. The molecule has 0 saturated carbocycles. The third kappa shape index (κ3) is 9.77. The van der Waals surface area contributed by atoms with Gasteiger partial charge in [-0.3, -0.25) is 4.79 Å². The fourth-order valence-corrected chi connectivity index (χ4v) is 1.18. The van der Waals surface area contributed by atoms with Gasteiger partial charge in [0.25, 0.3) is 0 Å². The first-order valence-electron chi connectivity index (χ1n) is 5.86. The first-order valence-corrected chi connectivity index (χ1v) is 5.86. The van der Waals surface area contributed by atoms with Crippen molar-refractivity contribution < 1.29 is 19.4 Å². The Hall–Kier alpha value is -1.14. The number of amides is 1. The lowest BCUT2D eigenvalue weighted by Crippen LogP contribution is -2.47. The van der Waals surface area contributed by atoms with Crippen LogP contribution in [0.15, 0.2) is 0 Å². The Morgan fingerprint density at radius 3 is 2.59 bits per heavy atom. The molecule has 0 aromatic carbocycles. The van der Waals surface area contributed by atoms with E-state index in [1.807, 2.05) is 0 Å². The van der Waals surface area contributed by atoms with Gasteiger partial charge in [0, 0.05) is 26.6 Å². The molecule has 100 valence electrons. The molecule has 17 heavy (non-hydrogen) atoms. The zero-order valence-corrected chi connectivity index (χ0v) is 10.5. The first-order chi connectivity index (χ1) is 8.07. The van der Waals surface area contributed by atoms with Crippen LogP contribution in [-0.4, -0.2) is 49.3 Å². The fourth-order valence-electron chi connectivity index (χ4n) is 1.18. The smallest absolute Gasteiger partial charge is 0.327 e. The van der Waals surface area contributed by atoms with Gasteiger partial charge in [-0.25, -0.2) is 4.79 Å². The van der Waals surface area contributed by atoms with E-state index in [1.165, 1.54) is 6.92 Å². The highest BCUT2D eigenvalue weighted by molar-refractivity contribution is 5.82. The van der Waals surface area contributed by atoms with Crippen LogP contribution in [0, 0.1) is 0 Å². The van der Waals surface area contributed by atoms with Crippen molar-refractivity contribution in [2.75, 3.05) is 26.3 Å². The van der Waals surface area contributed by atoms with Crippen molar-refractivity contribution in [3.8, 4) is 0 Å². The number of hydrogen-bond acceptors (Lipinski definition) is 4. The molecule has 0 rings (SSSR count). The number of carbonyl (C=O) groups is 2. The van der Waals surface area contributed by atoms with Gasteiger partial charge < -0.3 is 20.5 Å². The molecule has 0 heterocycles. The highest BCUT2D eigenvalue weighted by atomic mass is 16.5. The average molecular weight is 246 g/mol. The molecule has 1 unspecified atom stereocenters. The van der Waals surface area contributed by atoms with Gasteiger partial charge in [-0.05, 0) is 6.42 Å². The standard InChI is InChI=1S/C11H22N2O4/c1-3-4-6-17-7-5-12-8-10(11(15)16)13-9(2)14/h10,12H,3-8H2,1-2H3,(H,13,14)(H,15,16). The van der Waals surface area contributed by atoms with E-state index in [4.69, 9.17) is 9.84 Å². The number of unbranched alkanes of at least 4 members (excludes halogenated alkanes) is 1. The lowest BCUT2D eigenvalue weighted by Gasteiger charge is -2.14. The van der Waals surface area contributed by atoms with Crippen LogP contribution in [-0.2, 0) is 14.3 Å². The highest BCUT2D eigenvalue weighted by Gasteiger charge is 2.17. The Kier molecular flexibility index (Phi) is 9.37. The quantitative estimate of drug-likeness (QED) is 0.472. The molecule has 1 atom stereocenters. The number of ether oxygens (including phenoxy) is 1. The minimum atomic E-state index is -1.04. The lowest BCUT2D eigenvalue weighted by molar-refractivity contribution is -0.141. The van der Waals surface area contributed by atoms with Crippen LogP contribution in [0.5, 0.6) is 0 Å². The maximum Gasteiger partial charge on any atom is 0.327 e. The van der Waals surface area contributed by atoms with Crippen LogP contribution >= 0.6 is 0 Å². The number of hydrogen-bond donors (Lipinski definition) is 3. The summed E-state index contributed by atoms with van der Waals surface area (Å²) >= 11 is 0. The molecule has 3 N–H and O–H groups in total. The van der Waals surface area contributed by atoms with Crippen LogP contribution in [0.25, 0.3) is 0 Å². The van der Waals surface area contributed by atoms with Gasteiger partial charge in [0.2, 0.25) is 5.91 Å². The van der Waals surface area contributed by atoms with Crippen molar-refractivity contribution >= 4 is 11.9 Å². The summed E-state index contributed by atoms with van der Waals surface area (Å²) in [5, 5.41) is 14.1. The third-order valence-electron chi connectivity index (χ3n) is 2.09. The molecule has 0 aliphatic carbocycles. The van der Waals surface area contributed by atoms with Crippen molar-refractivity contribution in [3.63, 3.8) is 0 Å². The predicted molar refractivity (Wildman–Crippen MR) is 63.8 cm³/mol. The molecule has 6 heteroatoms. The Morgan fingerprint density at radius 2 is 2.06 bits per heavy atom. The Labute approximate surface area is 102 Å². The minimum Gasteiger partial charge on any atom is -0.480 e. The fraction of sp³-hybridized carbons (Fsp3) is 0.818. The van der Waals surface area contributed by atoms with Gasteiger partial charge >= 0.3 is 5.97 Å². The predicted octanol–water partition coefficient (Wildman–Crippen LogP) is -0.0180. The van der Waals surface area contributed by atoms with Crippen molar-refractivity contribution in [1.29, 1.82) is 0 Å². The molecule has 0 spiro atoms. The monoisotopic (exact) mass is 246 g/mol. The van der Waals surface area contributed by atoms with Gasteiger partial charge in [-0.2, -0.15) is 0 Å². The summed E-state index contributed by atoms with van der Waals surface area (Å²) in [5.74, 6) is -1.39. The number of carboxylic acid groups (broad SMARTS) is 1. The van der Waals surface area contributed by atoms with E-state index in [0.717, 1.165) is 19.4 Å². The molecule has 0 aliphatic rings. The van der Waals surface area contributed by atoms with Crippen LogP contribution < -0.4 is 10.6 Å². The first kappa shape index (κ1) is 15.9. The highest BCUT2D eigenvalue weighted by Crippen LogP contribution is 1.87. The Morgan fingerprint density at radius 1 is 1.35 bits per heavy atom. The normalized spacial score (nSPS) is 12.1. The van der Waals surface area contributed by atoms with Gasteiger partial charge in [-0.15, -0.1) is 0 Å². The average Bonchev–Trinajstić information content (AvgIpc) is 2.25. The number of rotatable bonds is 10. The number of nitrogens with one attached hydrogen (secondary N) is 2. The van der Waals surface area contributed by atoms with Crippen molar-refractivity contribution in [3.05, 3.63) is 0 Å². The summed E-state index contributed by atoms with van der Waals surface area (Å²) in [6.45, 7) is 5.44. The van der Waals surface area contributed by atoms with E-state index in [1.54, 1.807) is 0 Å². The van der Waals surface area contributed by atoms with Crippen molar-refractivity contribution in [1.82, 2.24) is 10.6 Å². The molecule has 0 aliphatic heterocycles. The molecular weight excluding hydrogens is 224 g/mol. The molecule has 0 aromatic rings. The van der Waals surface area contributed by atoms with E-state index in [2.05, 4.69) is 17.6 Å².